The van der Waals surface area contributed by atoms with Crippen LogP contribution in [0.1, 0.15) is 30.7 Å². The molecule has 0 radical (unpaired) electrons. The fraction of sp³-hybridized carbons (Fsp3) is 0.650. The highest BCUT2D eigenvalue weighted by Gasteiger charge is 2.20. The summed E-state index contributed by atoms with van der Waals surface area (Å²) in [4.78, 5) is 16.7. The van der Waals surface area contributed by atoms with Gasteiger partial charge in [-0.25, -0.2) is 0 Å². The van der Waals surface area contributed by atoms with Crippen LogP contribution in [0.3, 0.4) is 0 Å². The van der Waals surface area contributed by atoms with Crippen molar-refractivity contribution in [2.24, 2.45) is 0 Å². The normalized spacial score (nSPS) is 16.0. The number of hydrogen-bond donors (Lipinski definition) is 3. The molecule has 2 rings (SSSR count). The van der Waals surface area contributed by atoms with Crippen molar-refractivity contribution in [3.05, 3.63) is 34.9 Å². The molecule has 1 aromatic rings. The second-order valence-corrected chi connectivity index (χ2v) is 8.43. The highest BCUT2D eigenvalue weighted by Crippen LogP contribution is 2.28. The molecular formula is C20H32ClN3OS2. The Balaban J connectivity index is 1.67. The number of rotatable bonds is 11. The zero-order valence-electron chi connectivity index (χ0n) is 15.9. The second-order valence-electron chi connectivity index (χ2n) is 7.09. The van der Waals surface area contributed by atoms with E-state index < -0.39 is 0 Å². The lowest BCUT2D eigenvalue weighted by Gasteiger charge is -2.32. The van der Waals surface area contributed by atoms with Gasteiger partial charge >= 0.3 is 0 Å². The number of benzene rings is 1. The molecule has 1 saturated heterocycles. The molecule has 27 heavy (non-hydrogen) atoms. The molecular weight excluding hydrogens is 398 g/mol. The number of nitrogens with one attached hydrogen (secondary N) is 1. The van der Waals surface area contributed by atoms with E-state index in [2.05, 4.69) is 52.5 Å². The van der Waals surface area contributed by atoms with Gasteiger partial charge in [-0.1, -0.05) is 23.7 Å². The number of thiol groups is 2. The topological polar surface area (TPSA) is 35.6 Å². The summed E-state index contributed by atoms with van der Waals surface area (Å²) in [6.45, 7) is 6.23. The maximum absolute atomic E-state index is 11.9. The Morgan fingerprint density at radius 2 is 1.85 bits per heavy atom. The molecule has 0 bridgehead atoms. The first-order valence-corrected chi connectivity index (χ1v) is 11.4. The molecule has 1 aliphatic rings. The van der Waals surface area contributed by atoms with Crippen molar-refractivity contribution in [3.63, 3.8) is 0 Å². The van der Waals surface area contributed by atoms with E-state index in [1.165, 1.54) is 18.4 Å². The number of nitrogens with zero attached hydrogens (tertiary/aromatic N) is 2. The number of halogens is 1. The quantitative estimate of drug-likeness (QED) is 0.473. The Hall–Kier alpha value is -0.400. The van der Waals surface area contributed by atoms with Crippen LogP contribution in [0, 0.1) is 0 Å². The Morgan fingerprint density at radius 1 is 1.15 bits per heavy atom. The van der Waals surface area contributed by atoms with E-state index >= 15 is 0 Å². The smallest absolute Gasteiger partial charge is 0.234 e. The van der Waals surface area contributed by atoms with Gasteiger partial charge in [0.05, 0.1) is 6.54 Å². The van der Waals surface area contributed by atoms with Crippen LogP contribution in [-0.2, 0) is 4.79 Å². The molecule has 0 spiro atoms. The lowest BCUT2D eigenvalue weighted by atomic mass is 9.89. The predicted molar refractivity (Wildman–Crippen MR) is 122 cm³/mol. The maximum Gasteiger partial charge on any atom is 0.234 e. The van der Waals surface area contributed by atoms with Crippen molar-refractivity contribution >= 4 is 42.8 Å². The molecule has 0 saturated carbocycles. The van der Waals surface area contributed by atoms with Crippen LogP contribution in [0.5, 0.6) is 0 Å². The Morgan fingerprint density at radius 3 is 2.48 bits per heavy atom. The second kappa shape index (κ2) is 12.9. The van der Waals surface area contributed by atoms with Crippen LogP contribution >= 0.6 is 36.9 Å². The minimum Gasteiger partial charge on any atom is -0.354 e. The number of carbonyl (C=O) groups excluding carboxylic acids is 1. The number of carbonyl (C=O) groups is 1. The first kappa shape index (κ1) is 22.9. The van der Waals surface area contributed by atoms with E-state index in [9.17, 15) is 4.79 Å². The van der Waals surface area contributed by atoms with Gasteiger partial charge < -0.3 is 10.2 Å². The molecule has 0 aromatic heterocycles. The van der Waals surface area contributed by atoms with Crippen molar-refractivity contribution in [2.45, 2.75) is 25.2 Å². The highest BCUT2D eigenvalue weighted by molar-refractivity contribution is 7.80. The molecule has 0 unspecified atom stereocenters. The van der Waals surface area contributed by atoms with Crippen LogP contribution in [0.2, 0.25) is 5.02 Å². The summed E-state index contributed by atoms with van der Waals surface area (Å²) in [7, 11) is 0. The minimum atomic E-state index is 0.0783. The molecule has 1 fully saturated rings. The summed E-state index contributed by atoms with van der Waals surface area (Å²) in [5, 5.41) is 3.69. The molecule has 1 amide bonds. The van der Waals surface area contributed by atoms with Gasteiger partial charge in [0, 0.05) is 29.6 Å². The Kier molecular flexibility index (Phi) is 11.0. The summed E-state index contributed by atoms with van der Waals surface area (Å²) in [5.74, 6) is 2.17. The average Bonchev–Trinajstić information content (AvgIpc) is 2.68. The fourth-order valence-corrected chi connectivity index (χ4v) is 4.13. The predicted octanol–water partition coefficient (Wildman–Crippen LogP) is 3.19. The molecule has 0 aliphatic carbocycles. The van der Waals surface area contributed by atoms with E-state index in [4.69, 9.17) is 11.6 Å². The molecule has 152 valence electrons. The van der Waals surface area contributed by atoms with E-state index in [0.29, 0.717) is 24.8 Å². The van der Waals surface area contributed by atoms with Gasteiger partial charge in [-0.05, 0) is 69.1 Å². The molecule has 1 N–H and O–H groups in total. The summed E-state index contributed by atoms with van der Waals surface area (Å²) in [6.07, 6.45) is 3.49. The molecule has 0 atom stereocenters. The summed E-state index contributed by atoms with van der Waals surface area (Å²) >= 11 is 14.4. The Bertz CT molecular complexity index is 551. The van der Waals surface area contributed by atoms with Crippen molar-refractivity contribution in [3.8, 4) is 0 Å². The first-order valence-electron chi connectivity index (χ1n) is 9.81. The lowest BCUT2D eigenvalue weighted by Crippen LogP contribution is -2.40. The van der Waals surface area contributed by atoms with Crippen LogP contribution in [-0.4, -0.2) is 73.0 Å². The van der Waals surface area contributed by atoms with Gasteiger partial charge in [0.15, 0.2) is 0 Å². The zero-order valence-corrected chi connectivity index (χ0v) is 18.5. The molecule has 1 aliphatic heterocycles. The van der Waals surface area contributed by atoms with Crippen molar-refractivity contribution in [1.29, 1.82) is 0 Å². The Labute approximate surface area is 179 Å². The third-order valence-corrected chi connectivity index (χ3v) is 5.77. The number of likely N-dealkylation sites (tertiary alicyclic amines) is 1. The first-order chi connectivity index (χ1) is 13.1. The molecule has 7 heteroatoms. The zero-order chi connectivity index (χ0) is 19.5. The van der Waals surface area contributed by atoms with E-state index in [1.54, 1.807) is 0 Å². The van der Waals surface area contributed by atoms with Gasteiger partial charge in [0.1, 0.15) is 0 Å². The van der Waals surface area contributed by atoms with Gasteiger partial charge in [-0.15, -0.1) is 0 Å². The van der Waals surface area contributed by atoms with Gasteiger partial charge in [-0.3, -0.25) is 9.69 Å². The number of hydrogen-bond acceptors (Lipinski definition) is 5. The molecule has 4 nitrogen and oxygen atoms in total. The summed E-state index contributed by atoms with van der Waals surface area (Å²) in [6, 6.07) is 8.31. The maximum atomic E-state index is 11.9. The van der Waals surface area contributed by atoms with Crippen LogP contribution in [0.15, 0.2) is 24.3 Å². The lowest BCUT2D eigenvalue weighted by molar-refractivity contribution is -0.122. The summed E-state index contributed by atoms with van der Waals surface area (Å²) in [5.41, 5.74) is 1.41. The van der Waals surface area contributed by atoms with Gasteiger partial charge in [0.25, 0.3) is 0 Å². The molecule has 1 heterocycles. The van der Waals surface area contributed by atoms with Gasteiger partial charge in [0.2, 0.25) is 5.91 Å². The largest absolute Gasteiger partial charge is 0.354 e. The minimum absolute atomic E-state index is 0.0783. The summed E-state index contributed by atoms with van der Waals surface area (Å²) < 4.78 is 0. The van der Waals surface area contributed by atoms with Crippen molar-refractivity contribution in [1.82, 2.24) is 15.1 Å². The fourth-order valence-electron chi connectivity index (χ4n) is 3.61. The average molecular weight is 430 g/mol. The van der Waals surface area contributed by atoms with E-state index in [-0.39, 0.29) is 5.91 Å². The third-order valence-electron chi connectivity index (χ3n) is 5.10. The van der Waals surface area contributed by atoms with Crippen LogP contribution in [0.25, 0.3) is 0 Å². The molecule has 1 aromatic carbocycles. The number of amides is 1. The highest BCUT2D eigenvalue weighted by atomic mass is 35.5. The monoisotopic (exact) mass is 429 g/mol. The SMILES string of the molecule is O=C(CN(CCS)CCCN1CCC(c2ccc(Cl)cc2)CC1)NCCS. The standard InChI is InChI=1S/C20H32ClN3OS2/c21-19-4-2-17(3-5-19)18-6-11-23(12-7-18)9-1-10-24(13-15-27)16-20(25)22-8-14-26/h2-5,18,26-27H,1,6-16H2,(H,22,25). The van der Waals surface area contributed by atoms with E-state index in [1.807, 2.05) is 12.1 Å². The third kappa shape index (κ3) is 8.65. The number of piperidine rings is 1. The van der Waals surface area contributed by atoms with Crippen molar-refractivity contribution < 1.29 is 4.79 Å². The van der Waals surface area contributed by atoms with Crippen LogP contribution < -0.4 is 5.32 Å². The van der Waals surface area contributed by atoms with Crippen molar-refractivity contribution in [2.75, 3.05) is 57.3 Å². The van der Waals surface area contributed by atoms with Gasteiger partial charge in [-0.2, -0.15) is 25.3 Å². The van der Waals surface area contributed by atoms with Crippen LogP contribution in [0.4, 0.5) is 0 Å². The van der Waals surface area contributed by atoms with E-state index in [0.717, 1.165) is 49.9 Å².